The number of hydrogen-bond acceptors (Lipinski definition) is 4. The third kappa shape index (κ3) is 5.11. The second kappa shape index (κ2) is 10.0. The van der Waals surface area contributed by atoms with E-state index in [4.69, 9.17) is 0 Å². The molecule has 0 aromatic heterocycles. The molecule has 0 amide bonds. The van der Waals surface area contributed by atoms with E-state index in [1.54, 1.807) is 0 Å². The highest BCUT2D eigenvalue weighted by atomic mass is 16.3. The molecule has 36 heavy (non-hydrogen) atoms. The zero-order valence-corrected chi connectivity index (χ0v) is 23.1. The van der Waals surface area contributed by atoms with Gasteiger partial charge >= 0.3 is 0 Å². The van der Waals surface area contributed by atoms with Gasteiger partial charge in [-0.2, -0.15) is 0 Å². The van der Waals surface area contributed by atoms with Crippen LogP contribution in [0.3, 0.4) is 0 Å². The van der Waals surface area contributed by atoms with Gasteiger partial charge in [-0.15, -0.1) is 0 Å². The summed E-state index contributed by atoms with van der Waals surface area (Å²) < 4.78 is 0. The summed E-state index contributed by atoms with van der Waals surface area (Å²) in [5.41, 5.74) is 2.43. The predicted octanol–water partition coefficient (Wildman–Crippen LogP) is 6.08. The first-order valence-corrected chi connectivity index (χ1v) is 14.2. The Balaban J connectivity index is 1.47. The van der Waals surface area contributed by atoms with Crippen molar-refractivity contribution < 1.29 is 20.1 Å². The minimum Gasteiger partial charge on any atom is -0.393 e. The topological polar surface area (TPSA) is 77.8 Å². The number of ketones is 1. The van der Waals surface area contributed by atoms with Gasteiger partial charge in [-0.3, -0.25) is 4.79 Å². The van der Waals surface area contributed by atoms with Gasteiger partial charge in [0.15, 0.2) is 0 Å². The van der Waals surface area contributed by atoms with E-state index < -0.39 is 29.1 Å². The van der Waals surface area contributed by atoms with Gasteiger partial charge in [-0.1, -0.05) is 71.1 Å². The minimum atomic E-state index is -0.695. The van der Waals surface area contributed by atoms with Crippen molar-refractivity contribution in [3.63, 3.8) is 0 Å². The highest BCUT2D eigenvalue weighted by molar-refractivity contribution is 5.92. The maximum atomic E-state index is 13.0. The molecule has 0 aromatic carbocycles. The predicted molar refractivity (Wildman–Crippen MR) is 145 cm³/mol. The molecule has 0 radical (unpaired) electrons. The molecule has 0 aliphatic heterocycles. The van der Waals surface area contributed by atoms with E-state index in [9.17, 15) is 20.1 Å². The van der Waals surface area contributed by atoms with E-state index >= 15 is 0 Å². The first-order valence-electron chi connectivity index (χ1n) is 14.2. The molecular weight excluding hydrogens is 448 g/mol. The third-order valence-electron chi connectivity index (χ3n) is 10.0. The molecule has 0 spiro atoms. The average Bonchev–Trinajstić information content (AvgIpc) is 3.53. The lowest BCUT2D eigenvalue weighted by atomic mass is 9.61. The number of carbonyl (C=O) groups excluding carboxylic acids is 1. The maximum absolute atomic E-state index is 13.0. The van der Waals surface area contributed by atoms with Gasteiger partial charge in [0.05, 0.1) is 23.7 Å². The SMILES string of the molecule is C=C1/C(=C\C=C2/CCC[C@]3(C)[C@@H]([C@H](C)/C=C/[C@@H](O)C4(C(=O)C(C)(C)C)CC4)CC[C@@H]23)C[C@@H](O)C[C@@H]1O. The van der Waals surface area contributed by atoms with Crippen LogP contribution in [0.1, 0.15) is 92.4 Å². The molecule has 4 aliphatic rings. The molecule has 0 saturated heterocycles. The largest absolute Gasteiger partial charge is 0.393 e. The molecule has 4 nitrogen and oxygen atoms in total. The van der Waals surface area contributed by atoms with Crippen LogP contribution in [0.25, 0.3) is 0 Å². The van der Waals surface area contributed by atoms with Crippen molar-refractivity contribution in [2.75, 3.05) is 0 Å². The van der Waals surface area contributed by atoms with Crippen LogP contribution < -0.4 is 0 Å². The van der Waals surface area contributed by atoms with Gasteiger partial charge in [-0.05, 0) is 85.7 Å². The first kappa shape index (κ1) is 27.5. The Labute approximate surface area is 218 Å². The van der Waals surface area contributed by atoms with Crippen molar-refractivity contribution in [1.29, 1.82) is 0 Å². The second-order valence-electron chi connectivity index (χ2n) is 13.6. The van der Waals surface area contributed by atoms with E-state index in [1.807, 2.05) is 26.8 Å². The van der Waals surface area contributed by atoms with Gasteiger partial charge in [0.1, 0.15) is 5.78 Å². The Morgan fingerprint density at radius 2 is 1.81 bits per heavy atom. The van der Waals surface area contributed by atoms with Crippen LogP contribution in [0.15, 0.2) is 47.6 Å². The lowest BCUT2D eigenvalue weighted by Crippen LogP contribution is -2.37. The van der Waals surface area contributed by atoms with E-state index in [0.717, 1.165) is 30.4 Å². The first-order chi connectivity index (χ1) is 16.8. The minimum absolute atomic E-state index is 0.185. The fraction of sp³-hybridized carbons (Fsp3) is 0.719. The van der Waals surface area contributed by atoms with Crippen LogP contribution in [0, 0.1) is 34.0 Å². The Hall–Kier alpha value is -1.49. The summed E-state index contributed by atoms with van der Waals surface area (Å²) in [6.07, 6.45) is 15.0. The normalized spacial score (nSPS) is 38.4. The molecule has 0 bridgehead atoms. The van der Waals surface area contributed by atoms with Crippen LogP contribution >= 0.6 is 0 Å². The monoisotopic (exact) mass is 496 g/mol. The van der Waals surface area contributed by atoms with Crippen molar-refractivity contribution >= 4 is 5.78 Å². The molecule has 7 atom stereocenters. The maximum Gasteiger partial charge on any atom is 0.147 e. The molecule has 4 heteroatoms. The second-order valence-corrected chi connectivity index (χ2v) is 13.6. The number of allylic oxidation sites excluding steroid dienone is 4. The molecule has 4 rings (SSSR count). The fourth-order valence-corrected chi connectivity index (χ4v) is 7.75. The third-order valence-corrected chi connectivity index (χ3v) is 10.0. The Bertz CT molecular complexity index is 959. The molecule has 0 aromatic rings. The van der Waals surface area contributed by atoms with Gasteiger partial charge in [0.2, 0.25) is 0 Å². The van der Waals surface area contributed by atoms with Crippen molar-refractivity contribution in [3.8, 4) is 0 Å². The molecule has 4 saturated carbocycles. The highest BCUT2D eigenvalue weighted by Gasteiger charge is 2.57. The number of aliphatic hydroxyl groups excluding tert-OH is 3. The smallest absolute Gasteiger partial charge is 0.147 e. The van der Waals surface area contributed by atoms with E-state index in [0.29, 0.717) is 30.6 Å². The summed E-state index contributed by atoms with van der Waals surface area (Å²) in [6.45, 7) is 14.6. The molecule has 0 unspecified atom stereocenters. The van der Waals surface area contributed by atoms with E-state index in [1.165, 1.54) is 31.3 Å². The van der Waals surface area contributed by atoms with E-state index in [-0.39, 0.29) is 11.2 Å². The van der Waals surface area contributed by atoms with Crippen molar-refractivity contribution in [2.24, 2.45) is 34.0 Å². The highest BCUT2D eigenvalue weighted by Crippen LogP contribution is 2.60. The number of aliphatic hydroxyl groups is 3. The summed E-state index contributed by atoms with van der Waals surface area (Å²) >= 11 is 0. The zero-order valence-electron chi connectivity index (χ0n) is 23.1. The number of carbonyl (C=O) groups is 1. The average molecular weight is 497 g/mol. The lowest BCUT2D eigenvalue weighted by Gasteiger charge is -2.44. The number of fused-ring (bicyclic) bond motifs is 1. The van der Waals surface area contributed by atoms with Crippen LogP contribution in [-0.4, -0.2) is 39.4 Å². The van der Waals surface area contributed by atoms with Gasteiger partial charge in [0.25, 0.3) is 0 Å². The summed E-state index contributed by atoms with van der Waals surface area (Å²) in [6, 6.07) is 0. The van der Waals surface area contributed by atoms with Crippen molar-refractivity contribution in [3.05, 3.63) is 47.6 Å². The molecule has 4 aliphatic carbocycles. The van der Waals surface area contributed by atoms with Crippen molar-refractivity contribution in [1.82, 2.24) is 0 Å². The lowest BCUT2D eigenvalue weighted by molar-refractivity contribution is -0.135. The van der Waals surface area contributed by atoms with Gasteiger partial charge < -0.3 is 15.3 Å². The Kier molecular flexibility index (Phi) is 7.65. The summed E-state index contributed by atoms with van der Waals surface area (Å²) in [5, 5.41) is 31.3. The number of hydrogen-bond donors (Lipinski definition) is 3. The van der Waals surface area contributed by atoms with Crippen LogP contribution in [0.2, 0.25) is 0 Å². The standard InChI is InChI=1S/C32H48O4/c1-20(9-14-28(35)32(16-17-32)29(36)30(3,4)5)25-12-13-26-22(8-7-15-31(25,26)6)10-11-23-18-24(33)19-27(34)21(23)2/h9-11,14,20,24-28,33-35H,2,7-8,12-13,15-19H2,1,3-6H3/b14-9+,22-10+,23-11-/t20-,24-,25-,26+,27+,28-,31-/m1/s1. The van der Waals surface area contributed by atoms with E-state index in [2.05, 4.69) is 38.7 Å². The zero-order chi connectivity index (χ0) is 26.5. The quantitative estimate of drug-likeness (QED) is 0.390. The molecule has 4 fully saturated rings. The number of Topliss-reactive ketones (excluding diaryl/α,β-unsaturated/α-hetero) is 1. The van der Waals surface area contributed by atoms with Crippen molar-refractivity contribution in [2.45, 2.75) is 111 Å². The molecule has 3 N–H and O–H groups in total. The summed E-state index contributed by atoms with van der Waals surface area (Å²) in [7, 11) is 0. The molecule has 0 heterocycles. The van der Waals surface area contributed by atoms with Gasteiger partial charge in [0, 0.05) is 11.8 Å². The van der Waals surface area contributed by atoms with Gasteiger partial charge in [-0.25, -0.2) is 0 Å². The summed E-state index contributed by atoms with van der Waals surface area (Å²) in [5.74, 6) is 1.61. The summed E-state index contributed by atoms with van der Waals surface area (Å²) in [4.78, 5) is 13.0. The fourth-order valence-electron chi connectivity index (χ4n) is 7.75. The molecule has 200 valence electrons. The number of rotatable bonds is 6. The Morgan fingerprint density at radius 3 is 2.44 bits per heavy atom. The molecular formula is C32H48O4. The Morgan fingerprint density at radius 1 is 1.11 bits per heavy atom. The van der Waals surface area contributed by atoms with Crippen LogP contribution in [0.5, 0.6) is 0 Å². The van der Waals surface area contributed by atoms with Crippen LogP contribution in [0.4, 0.5) is 0 Å². The van der Waals surface area contributed by atoms with Crippen LogP contribution in [-0.2, 0) is 4.79 Å².